The molecule has 179 valence electrons. The summed E-state index contributed by atoms with van der Waals surface area (Å²) >= 11 is -2.90. The summed E-state index contributed by atoms with van der Waals surface area (Å²) in [4.78, 5) is 0. The third-order valence-corrected chi connectivity index (χ3v) is 11.1. The number of hydrogen-bond donors (Lipinski definition) is 0. The van der Waals surface area contributed by atoms with Crippen molar-refractivity contribution in [3.8, 4) is 11.1 Å². The first-order valence-corrected chi connectivity index (χ1v) is 18.2. The number of benzene rings is 2. The first kappa shape index (κ1) is 26.8. The van der Waals surface area contributed by atoms with Crippen LogP contribution < -0.4 is 0 Å². The Morgan fingerprint density at radius 2 is 1.42 bits per heavy atom. The third kappa shape index (κ3) is 5.56. The van der Waals surface area contributed by atoms with E-state index in [1.807, 2.05) is 39.8 Å². The van der Waals surface area contributed by atoms with Gasteiger partial charge in [-0.25, -0.2) is 0 Å². The number of rotatable bonds is 4. The van der Waals surface area contributed by atoms with Gasteiger partial charge in [0.1, 0.15) is 0 Å². The fourth-order valence-electron chi connectivity index (χ4n) is 4.31. The Morgan fingerprint density at radius 1 is 0.879 bits per heavy atom. The molecule has 0 saturated carbocycles. The molecule has 0 bridgehead atoms. The van der Waals surface area contributed by atoms with E-state index in [2.05, 4.69) is 0 Å². The van der Waals surface area contributed by atoms with E-state index < -0.39 is 48.3 Å². The van der Waals surface area contributed by atoms with Gasteiger partial charge in [0, 0.05) is 0 Å². The van der Waals surface area contributed by atoms with E-state index in [1.54, 1.807) is 6.07 Å². The van der Waals surface area contributed by atoms with Gasteiger partial charge in [-0.15, -0.1) is 0 Å². The van der Waals surface area contributed by atoms with Gasteiger partial charge in [0.15, 0.2) is 0 Å². The van der Waals surface area contributed by atoms with Gasteiger partial charge in [0.25, 0.3) is 0 Å². The van der Waals surface area contributed by atoms with Crippen molar-refractivity contribution in [1.82, 2.24) is 0 Å². The van der Waals surface area contributed by atoms with E-state index in [0.29, 0.717) is 23.1 Å². The topological polar surface area (TPSA) is 0 Å². The Kier molecular flexibility index (Phi) is 7.60. The molecule has 1 atom stereocenters. The van der Waals surface area contributed by atoms with Crippen molar-refractivity contribution >= 4 is 23.1 Å². The first-order chi connectivity index (χ1) is 15.1. The number of alkyl halides is 6. The van der Waals surface area contributed by atoms with Crippen LogP contribution in [0.15, 0.2) is 35.9 Å². The molecule has 1 aliphatic carbocycles. The average Bonchev–Trinajstić information content (AvgIpc) is 3.03. The van der Waals surface area contributed by atoms with Crippen molar-refractivity contribution in [2.75, 3.05) is 0 Å². The van der Waals surface area contributed by atoms with Crippen molar-refractivity contribution < 1.29 is 45.7 Å². The van der Waals surface area contributed by atoms with Crippen LogP contribution in [0.3, 0.4) is 0 Å². The molecule has 0 heterocycles. The number of allylic oxidation sites excluding steroid dienone is 1. The van der Waals surface area contributed by atoms with E-state index in [0.717, 1.165) is 29.7 Å². The first-order valence-electron chi connectivity index (χ1n) is 10.4. The minimum absolute atomic E-state index is 0.110. The predicted molar refractivity (Wildman–Crippen MR) is 118 cm³/mol. The molecule has 0 aliphatic heterocycles. The Balaban J connectivity index is 2.43. The third-order valence-electron chi connectivity index (χ3n) is 5.73. The van der Waals surface area contributed by atoms with Crippen LogP contribution in [0.2, 0.25) is 0 Å². The van der Waals surface area contributed by atoms with Crippen LogP contribution >= 0.6 is 17.0 Å². The minimum atomic E-state index is -4.92. The molecule has 0 radical (unpaired) electrons. The Morgan fingerprint density at radius 3 is 1.85 bits per heavy atom. The summed E-state index contributed by atoms with van der Waals surface area (Å²) in [6, 6.07) is 5.45. The number of fused-ring (bicyclic) bond motifs is 1. The standard InChI is InChI=1S/C24H23F6.2ClH.Zr/c1-5-6-14-9-15-7-8-20(22(2,3)4)21(19(15)10-14)16-11-17(23(25,26)27)13-18(12-16)24(28,29)30;;;/h7-13H,5-6H2,1-4H3;2*1H;/q;;;+2/p-2. The van der Waals surface area contributed by atoms with Crippen LogP contribution in [0.1, 0.15) is 72.0 Å². The van der Waals surface area contributed by atoms with Gasteiger partial charge in [-0.1, -0.05) is 0 Å². The molecule has 1 unspecified atom stereocenters. The molecule has 2 aromatic carbocycles. The summed E-state index contributed by atoms with van der Waals surface area (Å²) in [7, 11) is 12.9. The van der Waals surface area contributed by atoms with Gasteiger partial charge in [-0.05, 0) is 0 Å². The van der Waals surface area contributed by atoms with Crippen LogP contribution in [0, 0.1) is 0 Å². The Bertz CT molecular complexity index is 1050. The summed E-state index contributed by atoms with van der Waals surface area (Å²) < 4.78 is 81.3. The Hall–Kier alpha value is -0.777. The van der Waals surface area contributed by atoms with E-state index in [9.17, 15) is 26.3 Å². The number of hydrogen-bond acceptors (Lipinski definition) is 0. The van der Waals surface area contributed by atoms with E-state index in [-0.39, 0.29) is 15.3 Å². The molecule has 3 rings (SSSR count). The molecule has 0 spiro atoms. The van der Waals surface area contributed by atoms with Gasteiger partial charge in [-0.3, -0.25) is 0 Å². The summed E-state index contributed by atoms with van der Waals surface area (Å²) in [5, 5.41) is 0. The zero-order valence-corrected chi connectivity index (χ0v) is 22.4. The summed E-state index contributed by atoms with van der Waals surface area (Å²) in [5.74, 6) is 0. The van der Waals surface area contributed by atoms with Crippen LogP contribution in [0.4, 0.5) is 26.3 Å². The second kappa shape index (κ2) is 9.35. The predicted octanol–water partition coefficient (Wildman–Crippen LogP) is 9.85. The van der Waals surface area contributed by atoms with Crippen molar-refractivity contribution in [1.29, 1.82) is 0 Å². The van der Waals surface area contributed by atoms with E-state index in [1.165, 1.54) is 0 Å². The van der Waals surface area contributed by atoms with E-state index >= 15 is 0 Å². The number of halogens is 8. The zero-order valence-electron chi connectivity index (χ0n) is 18.5. The van der Waals surface area contributed by atoms with Crippen LogP contribution in [0.5, 0.6) is 0 Å². The summed E-state index contributed by atoms with van der Waals surface area (Å²) in [5.41, 5.74) is 0.169. The molecule has 0 saturated heterocycles. The summed E-state index contributed by atoms with van der Waals surface area (Å²) in [6.07, 6.45) is -6.43. The van der Waals surface area contributed by atoms with Gasteiger partial charge in [0.05, 0.1) is 0 Å². The fraction of sp³-hybridized carbons (Fsp3) is 0.417. The van der Waals surface area contributed by atoms with Crippen molar-refractivity contribution in [3.63, 3.8) is 0 Å². The molecule has 0 aromatic heterocycles. The van der Waals surface area contributed by atoms with Gasteiger partial charge in [-0.2, -0.15) is 0 Å². The second-order valence-electron chi connectivity index (χ2n) is 9.23. The molecule has 0 N–H and O–H groups in total. The van der Waals surface area contributed by atoms with Gasteiger partial charge >= 0.3 is 206 Å². The SMILES string of the molecule is CCCC1=Cc2c(ccc(C(C)(C)C)c2-c2cc(C(F)(F)F)cc(C(F)(F)F)c2)[CH]1[Zr]([Cl])[Cl]. The molecule has 9 heteroatoms. The van der Waals surface area contributed by atoms with Crippen LogP contribution in [0.25, 0.3) is 17.2 Å². The van der Waals surface area contributed by atoms with E-state index in [4.69, 9.17) is 17.0 Å². The maximum atomic E-state index is 13.6. The Labute approximate surface area is 204 Å². The van der Waals surface area contributed by atoms with Gasteiger partial charge in [0.2, 0.25) is 0 Å². The van der Waals surface area contributed by atoms with Crippen molar-refractivity contribution in [2.24, 2.45) is 0 Å². The molecule has 33 heavy (non-hydrogen) atoms. The van der Waals surface area contributed by atoms with Crippen molar-refractivity contribution in [3.05, 3.63) is 63.7 Å². The second-order valence-corrected chi connectivity index (χ2v) is 18.0. The fourth-order valence-corrected chi connectivity index (χ4v) is 9.80. The normalized spacial score (nSPS) is 16.6. The molecule has 2 aromatic rings. The molecule has 0 nitrogen and oxygen atoms in total. The van der Waals surface area contributed by atoms with Gasteiger partial charge < -0.3 is 0 Å². The molecule has 1 aliphatic rings. The quantitative estimate of drug-likeness (QED) is 0.313. The molecular formula is C24H23Cl2F6Zr. The summed E-state index contributed by atoms with van der Waals surface area (Å²) in [6.45, 7) is 7.63. The molecule has 0 fully saturated rings. The zero-order chi connectivity index (χ0) is 24.9. The van der Waals surface area contributed by atoms with Crippen LogP contribution in [-0.2, 0) is 37.1 Å². The maximum absolute atomic E-state index is 13.6. The van der Waals surface area contributed by atoms with Crippen LogP contribution in [-0.4, -0.2) is 0 Å². The average molecular weight is 588 g/mol. The molecular weight excluding hydrogens is 564 g/mol. The monoisotopic (exact) mass is 585 g/mol. The molecule has 0 amide bonds. The van der Waals surface area contributed by atoms with Crippen molar-refractivity contribution in [2.45, 2.75) is 61.9 Å².